The maximum Gasteiger partial charge on any atom is 0.0991 e. The number of nitriles is 1. The average Bonchev–Trinajstić information content (AvgIpc) is 2.48. The molecule has 3 nitrogen and oxygen atoms in total. The van der Waals surface area contributed by atoms with E-state index in [-0.39, 0.29) is 6.04 Å². The van der Waals surface area contributed by atoms with E-state index in [0.717, 1.165) is 16.2 Å². The molecule has 0 aliphatic heterocycles. The van der Waals surface area contributed by atoms with E-state index in [1.807, 2.05) is 63.2 Å². The first-order valence-corrected chi connectivity index (χ1v) is 6.95. The third-order valence-electron chi connectivity index (χ3n) is 3.37. The molecule has 2 aromatic carbocycles. The number of hydroxylamine groups is 2. The first-order valence-electron chi connectivity index (χ1n) is 6.95. The smallest absolute Gasteiger partial charge is 0.0991 e. The Balaban J connectivity index is 2.48. The third kappa shape index (κ3) is 3.49. The van der Waals surface area contributed by atoms with Gasteiger partial charge in [-0.25, -0.2) is 0 Å². The zero-order valence-electron chi connectivity index (χ0n) is 12.6. The minimum Gasteiger partial charge on any atom is -0.192 e. The number of nitrogens with zero attached hydrogens (tertiary/aromatic N) is 2. The molecule has 0 aliphatic carbocycles. The van der Waals surface area contributed by atoms with Crippen LogP contribution in [-0.2, 0) is 5.21 Å². The molecule has 1 atom stereocenters. The van der Waals surface area contributed by atoms with Crippen molar-refractivity contribution in [1.29, 1.82) is 5.26 Å². The molecule has 0 amide bonds. The highest BCUT2D eigenvalue weighted by Gasteiger charge is 2.31. The van der Waals surface area contributed by atoms with Gasteiger partial charge in [-0.05, 0) is 44.0 Å². The second kappa shape index (κ2) is 6.09. The van der Waals surface area contributed by atoms with Gasteiger partial charge in [-0.2, -0.15) is 5.26 Å². The van der Waals surface area contributed by atoms with Crippen LogP contribution in [0.4, 0.5) is 0 Å². The van der Waals surface area contributed by atoms with Crippen molar-refractivity contribution in [1.82, 2.24) is 5.06 Å². The predicted octanol–water partition coefficient (Wildman–Crippen LogP) is 4.09. The Morgan fingerprint density at radius 1 is 0.952 bits per heavy atom. The monoisotopic (exact) mass is 279 g/mol. The van der Waals surface area contributed by atoms with Gasteiger partial charge >= 0.3 is 0 Å². The lowest BCUT2D eigenvalue weighted by molar-refractivity contribution is -0.233. The lowest BCUT2D eigenvalue weighted by Gasteiger charge is -2.34. The van der Waals surface area contributed by atoms with Crippen LogP contribution in [0.2, 0.25) is 0 Å². The summed E-state index contributed by atoms with van der Waals surface area (Å²) in [5, 5.41) is 22.8. The third-order valence-corrected chi connectivity index (χ3v) is 3.37. The van der Waals surface area contributed by atoms with Gasteiger partial charge in [0.25, 0.3) is 0 Å². The standard InChI is InChI=1S/C18H19N2O/c1-18(2,3)20(21)17(15-7-5-4-6-8-15)16-11-9-14(13-19)10-12-16/h4-12,17H,1-3H3. The Kier molecular flexibility index (Phi) is 4.42. The van der Waals surface area contributed by atoms with Gasteiger partial charge in [0.2, 0.25) is 0 Å². The number of benzene rings is 2. The van der Waals surface area contributed by atoms with Crippen LogP contribution in [0, 0.1) is 11.3 Å². The van der Waals surface area contributed by atoms with Crippen LogP contribution in [0.3, 0.4) is 0 Å². The first-order chi connectivity index (χ1) is 9.93. The minimum absolute atomic E-state index is 0.376. The molecule has 1 radical (unpaired) electrons. The minimum atomic E-state index is -0.506. The molecule has 0 aromatic heterocycles. The van der Waals surface area contributed by atoms with Crippen molar-refractivity contribution in [2.24, 2.45) is 0 Å². The summed E-state index contributed by atoms with van der Waals surface area (Å²) in [6, 6.07) is 18.7. The van der Waals surface area contributed by atoms with E-state index < -0.39 is 5.54 Å². The molecular formula is C18H19N2O. The summed E-state index contributed by atoms with van der Waals surface area (Å²) in [7, 11) is 0. The Morgan fingerprint density at radius 3 is 1.95 bits per heavy atom. The summed E-state index contributed by atoms with van der Waals surface area (Å²) in [5.41, 5.74) is 1.94. The molecule has 2 aromatic rings. The van der Waals surface area contributed by atoms with Gasteiger partial charge in [-0.1, -0.05) is 42.5 Å². The SMILES string of the molecule is CC(C)(C)N([O])C(c1ccccc1)c1ccc(C#N)cc1. The summed E-state index contributed by atoms with van der Waals surface area (Å²) in [6.45, 7) is 5.71. The molecule has 0 aliphatic rings. The Labute approximate surface area is 126 Å². The Morgan fingerprint density at radius 2 is 1.48 bits per heavy atom. The topological polar surface area (TPSA) is 46.9 Å². The maximum atomic E-state index is 12.8. The molecule has 0 fully saturated rings. The Bertz CT molecular complexity index is 621. The molecule has 0 saturated carbocycles. The van der Waals surface area contributed by atoms with Crippen LogP contribution in [0.25, 0.3) is 0 Å². The summed E-state index contributed by atoms with van der Waals surface area (Å²) < 4.78 is 0. The van der Waals surface area contributed by atoms with E-state index >= 15 is 0 Å². The van der Waals surface area contributed by atoms with Crippen molar-refractivity contribution in [2.45, 2.75) is 32.4 Å². The largest absolute Gasteiger partial charge is 0.192 e. The predicted molar refractivity (Wildman–Crippen MR) is 81.7 cm³/mol. The van der Waals surface area contributed by atoms with Gasteiger partial charge in [-0.15, -0.1) is 10.3 Å². The highest BCUT2D eigenvalue weighted by Crippen LogP contribution is 2.32. The van der Waals surface area contributed by atoms with E-state index in [1.165, 1.54) is 0 Å². The van der Waals surface area contributed by atoms with Gasteiger partial charge in [0.15, 0.2) is 0 Å². The molecule has 2 rings (SSSR count). The van der Waals surface area contributed by atoms with Gasteiger partial charge < -0.3 is 0 Å². The molecule has 107 valence electrons. The first kappa shape index (κ1) is 15.2. The van der Waals surface area contributed by atoms with Gasteiger partial charge in [0.05, 0.1) is 17.7 Å². The van der Waals surface area contributed by atoms with Crippen molar-refractivity contribution in [3.8, 4) is 6.07 Å². The van der Waals surface area contributed by atoms with E-state index in [4.69, 9.17) is 5.26 Å². The average molecular weight is 279 g/mol. The second-order valence-electron chi connectivity index (χ2n) is 6.04. The number of hydrogen-bond donors (Lipinski definition) is 0. The van der Waals surface area contributed by atoms with Crippen molar-refractivity contribution in [2.75, 3.05) is 0 Å². The van der Waals surface area contributed by atoms with E-state index in [0.29, 0.717) is 5.56 Å². The summed E-state index contributed by atoms with van der Waals surface area (Å²) in [6.07, 6.45) is 0. The number of hydrogen-bond acceptors (Lipinski definition) is 2. The molecule has 0 saturated heterocycles. The molecule has 0 bridgehead atoms. The van der Waals surface area contributed by atoms with Gasteiger partial charge in [-0.3, -0.25) is 0 Å². The molecule has 1 unspecified atom stereocenters. The van der Waals surface area contributed by atoms with Gasteiger partial charge in [0.1, 0.15) is 0 Å². The van der Waals surface area contributed by atoms with Crippen molar-refractivity contribution in [3.05, 3.63) is 71.3 Å². The van der Waals surface area contributed by atoms with Crippen LogP contribution >= 0.6 is 0 Å². The molecule has 0 heterocycles. The molecule has 3 heteroatoms. The van der Waals surface area contributed by atoms with Crippen LogP contribution in [0.5, 0.6) is 0 Å². The van der Waals surface area contributed by atoms with Crippen LogP contribution in [0.15, 0.2) is 54.6 Å². The second-order valence-corrected chi connectivity index (χ2v) is 6.04. The fraction of sp³-hybridized carbons (Fsp3) is 0.278. The van der Waals surface area contributed by atoms with Crippen LogP contribution in [0.1, 0.15) is 43.5 Å². The summed E-state index contributed by atoms with van der Waals surface area (Å²) >= 11 is 0. The molecular weight excluding hydrogens is 260 g/mol. The van der Waals surface area contributed by atoms with E-state index in [1.54, 1.807) is 12.1 Å². The van der Waals surface area contributed by atoms with Crippen molar-refractivity contribution < 1.29 is 5.21 Å². The van der Waals surface area contributed by atoms with E-state index in [2.05, 4.69) is 6.07 Å². The molecule has 0 N–H and O–H groups in total. The number of rotatable bonds is 3. The summed E-state index contributed by atoms with van der Waals surface area (Å²) in [4.78, 5) is 0. The zero-order chi connectivity index (χ0) is 15.5. The quantitative estimate of drug-likeness (QED) is 0.794. The highest BCUT2D eigenvalue weighted by molar-refractivity contribution is 5.37. The maximum absolute atomic E-state index is 12.8. The molecule has 0 spiro atoms. The lowest BCUT2D eigenvalue weighted by Crippen LogP contribution is -2.40. The normalized spacial score (nSPS) is 13.0. The fourth-order valence-electron chi connectivity index (χ4n) is 2.23. The fourth-order valence-corrected chi connectivity index (χ4v) is 2.23. The highest BCUT2D eigenvalue weighted by atomic mass is 16.5. The van der Waals surface area contributed by atoms with E-state index in [9.17, 15) is 5.21 Å². The zero-order valence-corrected chi connectivity index (χ0v) is 12.6. The summed E-state index contributed by atoms with van der Waals surface area (Å²) in [5.74, 6) is 0. The van der Waals surface area contributed by atoms with Gasteiger partial charge in [0, 0.05) is 5.54 Å². The van der Waals surface area contributed by atoms with Crippen molar-refractivity contribution in [3.63, 3.8) is 0 Å². The van der Waals surface area contributed by atoms with Crippen molar-refractivity contribution >= 4 is 0 Å². The van der Waals surface area contributed by atoms with Crippen LogP contribution in [-0.4, -0.2) is 10.6 Å². The molecule has 21 heavy (non-hydrogen) atoms. The lowest BCUT2D eigenvalue weighted by atomic mass is 9.94. The Hall–Kier alpha value is -2.15. The van der Waals surface area contributed by atoms with Crippen LogP contribution < -0.4 is 0 Å².